The first-order chi connectivity index (χ1) is 11.6. The lowest BCUT2D eigenvalue weighted by molar-refractivity contribution is -0.124. The molecule has 1 heterocycles. The van der Waals surface area contributed by atoms with Crippen LogP contribution < -0.4 is 16.1 Å². The number of hydrogen-bond donors (Lipinski definition) is 4. The number of carbonyl (C=O) groups is 2. The van der Waals surface area contributed by atoms with Gasteiger partial charge in [-0.05, 0) is 25.1 Å². The van der Waals surface area contributed by atoms with Crippen LogP contribution in [-0.2, 0) is 9.59 Å². The van der Waals surface area contributed by atoms with Gasteiger partial charge in [0.15, 0.2) is 0 Å². The van der Waals surface area contributed by atoms with Crippen molar-refractivity contribution in [1.82, 2.24) is 15.4 Å². The van der Waals surface area contributed by atoms with Crippen LogP contribution in [0, 0.1) is 0 Å². The van der Waals surface area contributed by atoms with Crippen molar-refractivity contribution in [2.75, 3.05) is 10.6 Å². The Balaban J connectivity index is 0.00000312. The molecule has 2 rings (SSSR count). The smallest absolute Gasteiger partial charge is 0.267 e. The molecule has 0 radical (unpaired) electrons. The Morgan fingerprint density at radius 2 is 1.88 bits per heavy atom. The summed E-state index contributed by atoms with van der Waals surface area (Å²) < 4.78 is 0. The van der Waals surface area contributed by atoms with Crippen molar-refractivity contribution < 1.29 is 14.8 Å². The largest absolute Gasteiger partial charge is 0.357 e. The molecule has 0 fully saturated rings. The highest BCUT2D eigenvalue weighted by Crippen LogP contribution is 2.08. The SMILES string of the molecule is C[C@@H](Nc1cnc(/C=C/C(=O)NO)cn1)C(=O)Nc1ccccc1.Cl. The summed E-state index contributed by atoms with van der Waals surface area (Å²) in [5, 5.41) is 14.1. The zero-order valence-corrected chi connectivity index (χ0v) is 14.2. The number of carbonyl (C=O) groups excluding carboxylic acids is 2. The van der Waals surface area contributed by atoms with Crippen LogP contribution >= 0.6 is 12.4 Å². The molecule has 0 aliphatic heterocycles. The molecule has 4 N–H and O–H groups in total. The molecular weight excluding hydrogens is 346 g/mol. The molecule has 1 aromatic carbocycles. The number of nitrogens with zero attached hydrogens (tertiary/aromatic N) is 2. The monoisotopic (exact) mass is 363 g/mol. The Hall–Kier alpha value is -2.97. The normalized spacial score (nSPS) is 11.3. The van der Waals surface area contributed by atoms with Gasteiger partial charge in [-0.15, -0.1) is 12.4 Å². The number of amides is 2. The topological polar surface area (TPSA) is 116 Å². The Labute approximate surface area is 150 Å². The number of hydrogen-bond acceptors (Lipinski definition) is 6. The van der Waals surface area contributed by atoms with Crippen LogP contribution in [0.5, 0.6) is 0 Å². The van der Waals surface area contributed by atoms with E-state index in [4.69, 9.17) is 5.21 Å². The van der Waals surface area contributed by atoms with Gasteiger partial charge >= 0.3 is 0 Å². The minimum Gasteiger partial charge on any atom is -0.357 e. The third-order valence-corrected chi connectivity index (χ3v) is 2.99. The first-order valence-corrected chi connectivity index (χ1v) is 7.15. The molecule has 2 aromatic rings. The van der Waals surface area contributed by atoms with Crippen LogP contribution in [0.4, 0.5) is 11.5 Å². The molecule has 0 aliphatic rings. The summed E-state index contributed by atoms with van der Waals surface area (Å²) in [6, 6.07) is 8.63. The van der Waals surface area contributed by atoms with Gasteiger partial charge in [-0.2, -0.15) is 0 Å². The van der Waals surface area contributed by atoms with E-state index in [0.717, 1.165) is 6.08 Å². The van der Waals surface area contributed by atoms with Crippen LogP contribution in [-0.4, -0.2) is 33.0 Å². The second kappa shape index (κ2) is 10.0. The van der Waals surface area contributed by atoms with E-state index in [-0.39, 0.29) is 18.3 Å². The highest BCUT2D eigenvalue weighted by molar-refractivity contribution is 5.96. The van der Waals surface area contributed by atoms with Crippen LogP contribution in [0.2, 0.25) is 0 Å². The molecule has 2 amide bonds. The molecule has 0 bridgehead atoms. The summed E-state index contributed by atoms with van der Waals surface area (Å²) in [5.41, 5.74) is 2.62. The van der Waals surface area contributed by atoms with Gasteiger partial charge in [0.25, 0.3) is 5.91 Å². The first-order valence-electron chi connectivity index (χ1n) is 7.15. The summed E-state index contributed by atoms with van der Waals surface area (Å²) in [6.07, 6.45) is 5.40. The van der Waals surface area contributed by atoms with Gasteiger partial charge in [0.1, 0.15) is 11.9 Å². The summed E-state index contributed by atoms with van der Waals surface area (Å²) in [7, 11) is 0. The first kappa shape index (κ1) is 20.1. The molecule has 1 atom stereocenters. The average molecular weight is 364 g/mol. The lowest BCUT2D eigenvalue weighted by Crippen LogP contribution is -2.32. The van der Waals surface area contributed by atoms with Crippen LogP contribution in [0.25, 0.3) is 6.08 Å². The van der Waals surface area contributed by atoms with Gasteiger partial charge in [0.2, 0.25) is 5.91 Å². The van der Waals surface area contributed by atoms with E-state index < -0.39 is 11.9 Å². The van der Waals surface area contributed by atoms with Gasteiger partial charge < -0.3 is 10.6 Å². The van der Waals surface area contributed by atoms with Crippen LogP contribution in [0.15, 0.2) is 48.8 Å². The molecule has 132 valence electrons. The van der Waals surface area contributed by atoms with Crippen molar-refractivity contribution in [3.05, 3.63) is 54.5 Å². The predicted octanol–water partition coefficient (Wildman–Crippen LogP) is 1.86. The maximum absolute atomic E-state index is 12.1. The number of aromatic nitrogens is 2. The highest BCUT2D eigenvalue weighted by atomic mass is 35.5. The quantitative estimate of drug-likeness (QED) is 0.353. The van der Waals surface area contributed by atoms with E-state index >= 15 is 0 Å². The summed E-state index contributed by atoms with van der Waals surface area (Å²) >= 11 is 0. The Morgan fingerprint density at radius 1 is 1.16 bits per heavy atom. The van der Waals surface area contributed by atoms with Gasteiger partial charge in [0.05, 0.1) is 18.1 Å². The number of benzene rings is 1. The highest BCUT2D eigenvalue weighted by Gasteiger charge is 2.13. The van der Waals surface area contributed by atoms with Crippen molar-refractivity contribution in [2.45, 2.75) is 13.0 Å². The third-order valence-electron chi connectivity index (χ3n) is 2.99. The number of hydroxylamine groups is 1. The molecule has 0 spiro atoms. The number of para-hydroxylation sites is 1. The fraction of sp³-hybridized carbons (Fsp3) is 0.125. The predicted molar refractivity (Wildman–Crippen MR) is 96.4 cm³/mol. The van der Waals surface area contributed by atoms with E-state index in [1.165, 1.54) is 23.9 Å². The molecule has 0 aliphatic carbocycles. The van der Waals surface area contributed by atoms with Gasteiger partial charge in [-0.3, -0.25) is 19.8 Å². The van der Waals surface area contributed by atoms with E-state index in [1.54, 1.807) is 19.1 Å². The Bertz CT molecular complexity index is 722. The number of nitrogens with one attached hydrogen (secondary N) is 3. The molecule has 8 nitrogen and oxygen atoms in total. The number of rotatable bonds is 6. The fourth-order valence-corrected chi connectivity index (χ4v) is 1.76. The molecule has 25 heavy (non-hydrogen) atoms. The van der Waals surface area contributed by atoms with Gasteiger partial charge in [-0.1, -0.05) is 18.2 Å². The van der Waals surface area contributed by atoms with Crippen LogP contribution in [0.3, 0.4) is 0 Å². The Kier molecular flexibility index (Phi) is 8.04. The van der Waals surface area contributed by atoms with Crippen LogP contribution in [0.1, 0.15) is 12.6 Å². The van der Waals surface area contributed by atoms with Crippen molar-refractivity contribution in [2.24, 2.45) is 0 Å². The second-order valence-electron chi connectivity index (χ2n) is 4.86. The third kappa shape index (κ3) is 6.58. The number of halogens is 1. The van der Waals surface area contributed by atoms with Crippen molar-refractivity contribution in [3.8, 4) is 0 Å². The van der Waals surface area contributed by atoms with Crippen molar-refractivity contribution >= 4 is 41.8 Å². The lowest BCUT2D eigenvalue weighted by atomic mass is 10.2. The zero-order chi connectivity index (χ0) is 17.4. The second-order valence-corrected chi connectivity index (χ2v) is 4.86. The molecule has 0 saturated carbocycles. The van der Waals surface area contributed by atoms with E-state index in [1.807, 2.05) is 18.2 Å². The summed E-state index contributed by atoms with van der Waals surface area (Å²) in [5.74, 6) is -0.439. The maximum atomic E-state index is 12.1. The molecule has 1 aromatic heterocycles. The maximum Gasteiger partial charge on any atom is 0.267 e. The molecule has 0 saturated heterocycles. The zero-order valence-electron chi connectivity index (χ0n) is 13.3. The minimum atomic E-state index is -0.662. The number of anilines is 2. The molecular formula is C16H18ClN5O3. The Morgan fingerprint density at radius 3 is 2.48 bits per heavy atom. The van der Waals surface area contributed by atoms with Gasteiger partial charge in [0, 0.05) is 11.8 Å². The van der Waals surface area contributed by atoms with Crippen molar-refractivity contribution in [3.63, 3.8) is 0 Å². The van der Waals surface area contributed by atoms with Gasteiger partial charge in [-0.25, -0.2) is 10.5 Å². The summed E-state index contributed by atoms with van der Waals surface area (Å²) in [4.78, 5) is 31.2. The van der Waals surface area contributed by atoms with E-state index in [0.29, 0.717) is 17.2 Å². The van der Waals surface area contributed by atoms with Crippen molar-refractivity contribution in [1.29, 1.82) is 0 Å². The summed E-state index contributed by atoms with van der Waals surface area (Å²) in [6.45, 7) is 1.71. The molecule has 9 heteroatoms. The average Bonchev–Trinajstić information content (AvgIpc) is 2.61. The molecule has 0 unspecified atom stereocenters. The lowest BCUT2D eigenvalue weighted by Gasteiger charge is -2.14. The van der Waals surface area contributed by atoms with E-state index in [2.05, 4.69) is 20.6 Å². The standard InChI is InChI=1S/C16H17N5O3.ClH/c1-11(16(23)20-12-5-3-2-4-6-12)19-14-10-17-13(9-18-14)7-8-15(22)21-24;/h2-11,24H,1H3,(H,18,19)(H,20,23)(H,21,22);1H/b8-7+;/t11-;/m1./s1. The van der Waals surface area contributed by atoms with E-state index in [9.17, 15) is 9.59 Å². The fourth-order valence-electron chi connectivity index (χ4n) is 1.76. The minimum absolute atomic E-state index is 0.